The van der Waals surface area contributed by atoms with E-state index in [4.69, 9.17) is 29.0 Å². The molecule has 7 heteroatoms. The van der Waals surface area contributed by atoms with Gasteiger partial charge in [-0.25, -0.2) is 5.84 Å². The maximum absolute atomic E-state index is 10.7. The van der Waals surface area contributed by atoms with E-state index in [1.807, 2.05) is 24.6 Å². The normalized spacial score (nSPS) is 9.52. The molecule has 1 aromatic heterocycles. The van der Waals surface area contributed by atoms with Crippen LogP contribution in [0.25, 0.3) is 0 Å². The molecule has 1 heterocycles. The lowest BCUT2D eigenvalue weighted by molar-refractivity contribution is 0.0953. The van der Waals surface area contributed by atoms with Crippen molar-refractivity contribution in [3.63, 3.8) is 0 Å². The number of nitrogen functional groups attached to an aromatic ring is 1. The maximum Gasteiger partial charge on any atom is 0.265 e. The molecule has 0 saturated heterocycles. The first-order chi connectivity index (χ1) is 10.1. The smallest absolute Gasteiger partial charge is 0.265 e. The van der Waals surface area contributed by atoms with Crippen LogP contribution >= 0.6 is 23.2 Å². The molecule has 0 bridgehead atoms. The predicted octanol–water partition coefficient (Wildman–Crippen LogP) is 2.40. The van der Waals surface area contributed by atoms with Gasteiger partial charge in [-0.3, -0.25) is 15.2 Å². The van der Waals surface area contributed by atoms with Gasteiger partial charge in [-0.1, -0.05) is 23.2 Å². The molecule has 1 aromatic carbocycles. The zero-order valence-electron chi connectivity index (χ0n) is 11.4. The Balaban J connectivity index is 0.000000211. The zero-order valence-corrected chi connectivity index (χ0v) is 12.9. The number of pyridine rings is 1. The van der Waals surface area contributed by atoms with Crippen molar-refractivity contribution in [2.45, 2.75) is 6.54 Å². The first-order valence-corrected chi connectivity index (χ1v) is 6.83. The lowest BCUT2D eigenvalue weighted by Gasteiger charge is -2.00. The van der Waals surface area contributed by atoms with E-state index >= 15 is 0 Å². The fourth-order valence-electron chi connectivity index (χ4n) is 1.50. The second-order valence-electron chi connectivity index (χ2n) is 4.02. The van der Waals surface area contributed by atoms with Crippen molar-refractivity contribution < 1.29 is 4.79 Å². The fraction of sp³-hybridized carbons (Fsp3) is 0.143. The summed E-state index contributed by atoms with van der Waals surface area (Å²) < 4.78 is 0. The fourth-order valence-corrected chi connectivity index (χ4v) is 2.07. The number of carbonyl (C=O) groups excluding carboxylic acids is 1. The van der Waals surface area contributed by atoms with Crippen LogP contribution in [0, 0.1) is 0 Å². The van der Waals surface area contributed by atoms with Crippen LogP contribution in [0.1, 0.15) is 15.9 Å². The Morgan fingerprint density at radius 2 is 1.76 bits per heavy atom. The molecule has 0 saturated carbocycles. The van der Waals surface area contributed by atoms with Gasteiger partial charge in [0.2, 0.25) is 0 Å². The molecule has 112 valence electrons. The van der Waals surface area contributed by atoms with Crippen LogP contribution in [0.15, 0.2) is 42.7 Å². The van der Waals surface area contributed by atoms with E-state index in [1.54, 1.807) is 18.2 Å². The molecule has 4 N–H and O–H groups in total. The quantitative estimate of drug-likeness (QED) is 0.459. The van der Waals surface area contributed by atoms with Gasteiger partial charge in [0.1, 0.15) is 0 Å². The molecule has 0 aliphatic rings. The van der Waals surface area contributed by atoms with Crippen LogP contribution in [0.2, 0.25) is 10.0 Å². The molecule has 0 aliphatic carbocycles. The maximum atomic E-state index is 10.7. The largest absolute Gasteiger partial charge is 0.316 e. The topological polar surface area (TPSA) is 80.0 Å². The number of aromatic nitrogens is 1. The molecule has 0 unspecified atom stereocenters. The number of nitrogens with one attached hydrogen (secondary N) is 2. The second-order valence-corrected chi connectivity index (χ2v) is 4.89. The third-order valence-corrected chi connectivity index (χ3v) is 2.81. The summed E-state index contributed by atoms with van der Waals surface area (Å²) in [7, 11) is 1.88. The van der Waals surface area contributed by atoms with Gasteiger partial charge < -0.3 is 5.32 Å². The van der Waals surface area contributed by atoms with Gasteiger partial charge in [0, 0.05) is 34.5 Å². The summed E-state index contributed by atoms with van der Waals surface area (Å²) in [5.74, 6) is 4.58. The molecule has 0 aliphatic heterocycles. The average Bonchev–Trinajstić information content (AvgIpc) is 2.47. The average molecular weight is 327 g/mol. The number of nitrogens with two attached hydrogens (primary N) is 1. The lowest BCUT2D eigenvalue weighted by atomic mass is 10.2. The summed E-state index contributed by atoms with van der Waals surface area (Å²) in [6.07, 6.45) is 3.06. The molecule has 0 atom stereocenters. The second kappa shape index (κ2) is 9.31. The molecular weight excluding hydrogens is 311 g/mol. The number of halogens is 2. The highest BCUT2D eigenvalue weighted by atomic mass is 35.5. The Hall–Kier alpha value is -1.66. The Bertz CT molecular complexity index is 558. The van der Waals surface area contributed by atoms with Crippen LogP contribution in [0.5, 0.6) is 0 Å². The summed E-state index contributed by atoms with van der Waals surface area (Å²) in [4.78, 5) is 14.5. The van der Waals surface area contributed by atoms with Crippen molar-refractivity contribution in [2.75, 3.05) is 7.05 Å². The van der Waals surface area contributed by atoms with Crippen molar-refractivity contribution in [3.8, 4) is 0 Å². The molecule has 2 aromatic rings. The molecule has 2 rings (SSSR count). The van der Waals surface area contributed by atoms with E-state index in [9.17, 15) is 4.79 Å². The van der Waals surface area contributed by atoms with Crippen LogP contribution < -0.4 is 16.6 Å². The third kappa shape index (κ3) is 6.55. The van der Waals surface area contributed by atoms with Gasteiger partial charge >= 0.3 is 0 Å². The summed E-state index contributed by atoms with van der Waals surface area (Å²) in [5.41, 5.74) is 3.63. The predicted molar refractivity (Wildman–Crippen MR) is 85.1 cm³/mol. The van der Waals surface area contributed by atoms with Crippen LogP contribution in [-0.4, -0.2) is 17.9 Å². The summed E-state index contributed by atoms with van der Waals surface area (Å²) in [6.45, 7) is 0.792. The van der Waals surface area contributed by atoms with E-state index in [0.29, 0.717) is 15.6 Å². The molecular formula is C14H16Cl2N4O. The highest BCUT2D eigenvalue weighted by Gasteiger charge is 1.99. The van der Waals surface area contributed by atoms with Gasteiger partial charge in [0.25, 0.3) is 5.91 Å². The Morgan fingerprint density at radius 3 is 2.24 bits per heavy atom. The van der Waals surface area contributed by atoms with Gasteiger partial charge in [0.05, 0.1) is 0 Å². The van der Waals surface area contributed by atoms with Gasteiger partial charge in [-0.2, -0.15) is 0 Å². The van der Waals surface area contributed by atoms with Crippen molar-refractivity contribution in [1.29, 1.82) is 0 Å². The number of rotatable bonds is 3. The molecule has 5 nitrogen and oxygen atoms in total. The summed E-state index contributed by atoms with van der Waals surface area (Å²) in [5, 5.41) is 4.39. The van der Waals surface area contributed by atoms with E-state index < -0.39 is 0 Å². The van der Waals surface area contributed by atoms with Gasteiger partial charge in [0.15, 0.2) is 0 Å². The first kappa shape index (κ1) is 17.4. The highest BCUT2D eigenvalue weighted by Crippen LogP contribution is 2.18. The van der Waals surface area contributed by atoms with Crippen molar-refractivity contribution in [3.05, 3.63) is 63.9 Å². The minimum absolute atomic E-state index is 0.303. The molecule has 1 amide bonds. The van der Waals surface area contributed by atoms with Crippen molar-refractivity contribution in [1.82, 2.24) is 15.7 Å². The zero-order chi connectivity index (χ0) is 15.7. The monoisotopic (exact) mass is 326 g/mol. The molecule has 0 radical (unpaired) electrons. The molecule has 0 spiro atoms. The third-order valence-electron chi connectivity index (χ3n) is 2.38. The number of nitrogens with zero attached hydrogens (tertiary/aromatic N) is 1. The number of carbonyl (C=O) groups is 1. The number of hydrogen-bond acceptors (Lipinski definition) is 4. The van der Waals surface area contributed by atoms with Crippen LogP contribution in [0.4, 0.5) is 0 Å². The molecule has 0 fully saturated rings. The van der Waals surface area contributed by atoms with Crippen molar-refractivity contribution >= 4 is 29.1 Å². The minimum Gasteiger partial charge on any atom is -0.316 e. The highest BCUT2D eigenvalue weighted by molar-refractivity contribution is 6.34. The van der Waals surface area contributed by atoms with Gasteiger partial charge in [-0.15, -0.1) is 0 Å². The molecule has 21 heavy (non-hydrogen) atoms. The summed E-state index contributed by atoms with van der Waals surface area (Å²) in [6, 6.07) is 8.68. The van der Waals surface area contributed by atoms with Gasteiger partial charge in [-0.05, 0) is 42.9 Å². The van der Waals surface area contributed by atoms with E-state index in [-0.39, 0.29) is 5.91 Å². The van der Waals surface area contributed by atoms with E-state index in [0.717, 1.165) is 12.1 Å². The number of amides is 1. The number of hydrazine groups is 1. The first-order valence-electron chi connectivity index (χ1n) is 6.07. The van der Waals surface area contributed by atoms with Crippen LogP contribution in [0.3, 0.4) is 0 Å². The van der Waals surface area contributed by atoms with Crippen LogP contribution in [-0.2, 0) is 6.54 Å². The van der Waals surface area contributed by atoms with E-state index in [1.165, 1.54) is 12.4 Å². The number of benzene rings is 1. The Labute approximate surface area is 133 Å². The Kier molecular flexibility index (Phi) is 7.71. The SMILES string of the molecule is CNCc1cc(Cl)cc(Cl)c1.NNC(=O)c1ccncc1. The van der Waals surface area contributed by atoms with Crippen molar-refractivity contribution in [2.24, 2.45) is 5.84 Å². The van der Waals surface area contributed by atoms with E-state index in [2.05, 4.69) is 10.3 Å². The number of hydrogen-bond donors (Lipinski definition) is 3. The Morgan fingerprint density at radius 1 is 1.19 bits per heavy atom. The summed E-state index contributed by atoms with van der Waals surface area (Å²) >= 11 is 11.5. The lowest BCUT2D eigenvalue weighted by Crippen LogP contribution is -2.29. The standard InChI is InChI=1S/C8H9Cl2N.C6H7N3O/c1-11-5-6-2-7(9)4-8(10)3-6;7-9-6(10)5-1-3-8-4-2-5/h2-4,11H,5H2,1H3;1-4H,7H2,(H,9,10). The minimum atomic E-state index is -0.303.